The Kier molecular flexibility index (Phi) is 8.02. The van der Waals surface area contributed by atoms with Crippen molar-refractivity contribution >= 4 is 12.0 Å². The van der Waals surface area contributed by atoms with Crippen molar-refractivity contribution in [2.75, 3.05) is 13.7 Å². The molecule has 3 aromatic rings. The summed E-state index contributed by atoms with van der Waals surface area (Å²) in [5, 5.41) is 3.12. The Balaban J connectivity index is 1.32. The van der Waals surface area contributed by atoms with Gasteiger partial charge in [-0.05, 0) is 55.4 Å². The Hall–Kier alpha value is -3.54. The number of imidazole rings is 1. The normalized spacial score (nSPS) is 18.1. The highest BCUT2D eigenvalue weighted by Gasteiger charge is 2.18. The van der Waals surface area contributed by atoms with Crippen LogP contribution in [-0.4, -0.2) is 35.2 Å². The summed E-state index contributed by atoms with van der Waals surface area (Å²) in [6, 6.07) is 16.1. The maximum atomic E-state index is 12.3. The second kappa shape index (κ2) is 11.5. The van der Waals surface area contributed by atoms with Crippen molar-refractivity contribution in [1.29, 1.82) is 0 Å². The number of carbonyl (C=O) groups excluding carboxylic acids is 1. The number of methoxy groups -OCH3 is 1. The highest BCUT2D eigenvalue weighted by Crippen LogP contribution is 2.29. The van der Waals surface area contributed by atoms with E-state index in [2.05, 4.69) is 21.8 Å². The van der Waals surface area contributed by atoms with E-state index in [1.165, 1.54) is 12.8 Å². The summed E-state index contributed by atoms with van der Waals surface area (Å²) in [6.07, 6.45) is 11.6. The molecule has 0 bridgehead atoms. The third-order valence-corrected chi connectivity index (χ3v) is 6.31. The fourth-order valence-corrected chi connectivity index (χ4v) is 4.32. The lowest BCUT2D eigenvalue weighted by atomic mass is 9.87. The molecule has 1 fully saturated rings. The van der Waals surface area contributed by atoms with E-state index in [0.29, 0.717) is 24.7 Å². The van der Waals surface area contributed by atoms with Gasteiger partial charge in [0.2, 0.25) is 5.91 Å². The molecule has 178 valence electrons. The number of nitrogens with one attached hydrogen (secondary N) is 1. The first kappa shape index (κ1) is 23.6. The van der Waals surface area contributed by atoms with Crippen LogP contribution >= 0.6 is 0 Å². The molecule has 1 amide bonds. The molecule has 1 aliphatic carbocycles. The van der Waals surface area contributed by atoms with Gasteiger partial charge in [0, 0.05) is 30.1 Å². The third kappa shape index (κ3) is 6.28. The van der Waals surface area contributed by atoms with Crippen molar-refractivity contribution in [3.05, 3.63) is 72.6 Å². The van der Waals surface area contributed by atoms with E-state index in [1.807, 2.05) is 60.8 Å². The Labute approximate surface area is 201 Å². The number of ether oxygens (including phenoxy) is 2. The lowest BCUT2D eigenvalue weighted by Crippen LogP contribution is -2.36. The van der Waals surface area contributed by atoms with E-state index in [9.17, 15) is 4.79 Å². The molecule has 1 N–H and O–H groups in total. The SMILES string of the molecule is COc1cc(/C=C/C(=O)NC2CCC(C)CC2)ccc1OCCn1ccnc1-c1ccccc1. The molecule has 2 aromatic carbocycles. The minimum Gasteiger partial charge on any atom is -0.493 e. The minimum atomic E-state index is -0.0478. The molecule has 1 heterocycles. The summed E-state index contributed by atoms with van der Waals surface area (Å²) in [4.78, 5) is 16.8. The van der Waals surface area contributed by atoms with Gasteiger partial charge in [0.05, 0.1) is 13.7 Å². The number of hydrogen-bond donors (Lipinski definition) is 1. The van der Waals surface area contributed by atoms with E-state index in [0.717, 1.165) is 35.7 Å². The molecule has 6 heteroatoms. The number of aromatic nitrogens is 2. The lowest BCUT2D eigenvalue weighted by Gasteiger charge is -2.26. The first-order chi connectivity index (χ1) is 16.6. The largest absolute Gasteiger partial charge is 0.493 e. The van der Waals surface area contributed by atoms with E-state index >= 15 is 0 Å². The van der Waals surface area contributed by atoms with Crippen molar-refractivity contribution in [3.8, 4) is 22.9 Å². The zero-order chi connectivity index (χ0) is 23.8. The minimum absolute atomic E-state index is 0.0478. The van der Waals surface area contributed by atoms with Crippen LogP contribution < -0.4 is 14.8 Å². The zero-order valence-corrected chi connectivity index (χ0v) is 19.9. The second-order valence-corrected chi connectivity index (χ2v) is 8.87. The lowest BCUT2D eigenvalue weighted by molar-refractivity contribution is -0.117. The standard InChI is InChI=1S/C28H33N3O3/c1-21-8-12-24(13-9-21)30-27(32)15-11-22-10-14-25(26(20-22)33-2)34-19-18-31-17-16-29-28(31)23-6-4-3-5-7-23/h3-7,10-11,14-17,20-21,24H,8-9,12-13,18-19H2,1-2H3,(H,30,32)/b15-11+. The molecular weight excluding hydrogens is 426 g/mol. The van der Waals surface area contributed by atoms with Crippen molar-refractivity contribution in [2.24, 2.45) is 5.92 Å². The molecule has 1 saturated carbocycles. The van der Waals surface area contributed by atoms with Gasteiger partial charge in [0.15, 0.2) is 11.5 Å². The van der Waals surface area contributed by atoms with Crippen molar-refractivity contribution in [3.63, 3.8) is 0 Å². The van der Waals surface area contributed by atoms with Crippen LogP contribution in [-0.2, 0) is 11.3 Å². The van der Waals surface area contributed by atoms with Gasteiger partial charge < -0.3 is 19.4 Å². The monoisotopic (exact) mass is 459 g/mol. The summed E-state index contributed by atoms with van der Waals surface area (Å²) >= 11 is 0. The van der Waals surface area contributed by atoms with E-state index in [-0.39, 0.29) is 11.9 Å². The van der Waals surface area contributed by atoms with E-state index in [1.54, 1.807) is 19.4 Å². The van der Waals surface area contributed by atoms with Gasteiger partial charge in [0.1, 0.15) is 12.4 Å². The number of benzene rings is 2. The summed E-state index contributed by atoms with van der Waals surface area (Å²) in [7, 11) is 1.62. The third-order valence-electron chi connectivity index (χ3n) is 6.31. The smallest absolute Gasteiger partial charge is 0.244 e. The van der Waals surface area contributed by atoms with E-state index < -0.39 is 0 Å². The van der Waals surface area contributed by atoms with Gasteiger partial charge in [0.25, 0.3) is 0 Å². The number of carbonyl (C=O) groups is 1. The number of amides is 1. The van der Waals surface area contributed by atoms with Crippen LogP contribution in [0.3, 0.4) is 0 Å². The molecule has 1 aliphatic rings. The van der Waals surface area contributed by atoms with Crippen molar-refractivity contribution < 1.29 is 14.3 Å². The van der Waals surface area contributed by atoms with Crippen molar-refractivity contribution in [2.45, 2.75) is 45.2 Å². The van der Waals surface area contributed by atoms with Crippen LogP contribution in [0.1, 0.15) is 38.2 Å². The summed E-state index contributed by atoms with van der Waals surface area (Å²) in [6.45, 7) is 3.41. The second-order valence-electron chi connectivity index (χ2n) is 8.87. The Morgan fingerprint density at radius 2 is 1.91 bits per heavy atom. The van der Waals surface area contributed by atoms with Crippen LogP contribution in [0.5, 0.6) is 11.5 Å². The van der Waals surface area contributed by atoms with Crippen LogP contribution in [0.2, 0.25) is 0 Å². The predicted octanol–water partition coefficient (Wildman–Crippen LogP) is 5.35. The topological polar surface area (TPSA) is 65.4 Å². The highest BCUT2D eigenvalue weighted by molar-refractivity contribution is 5.92. The fraction of sp³-hybridized carbons (Fsp3) is 0.357. The molecule has 0 spiro atoms. The molecule has 1 aromatic heterocycles. The molecule has 0 saturated heterocycles. The molecule has 4 rings (SSSR count). The Morgan fingerprint density at radius 3 is 2.68 bits per heavy atom. The van der Waals surface area contributed by atoms with Gasteiger partial charge in [-0.1, -0.05) is 43.3 Å². The quantitative estimate of drug-likeness (QED) is 0.438. The molecule has 0 aliphatic heterocycles. The maximum Gasteiger partial charge on any atom is 0.244 e. The zero-order valence-electron chi connectivity index (χ0n) is 19.9. The molecule has 0 radical (unpaired) electrons. The number of hydrogen-bond acceptors (Lipinski definition) is 4. The van der Waals surface area contributed by atoms with Gasteiger partial charge in [-0.3, -0.25) is 4.79 Å². The van der Waals surface area contributed by atoms with Crippen molar-refractivity contribution in [1.82, 2.24) is 14.9 Å². The number of rotatable bonds is 9. The first-order valence-corrected chi connectivity index (χ1v) is 12.0. The summed E-state index contributed by atoms with van der Waals surface area (Å²) in [5.74, 6) is 2.94. The fourth-order valence-electron chi connectivity index (χ4n) is 4.32. The number of nitrogens with zero attached hydrogens (tertiary/aromatic N) is 2. The first-order valence-electron chi connectivity index (χ1n) is 12.0. The Bertz CT molecular complexity index is 1100. The Morgan fingerprint density at radius 1 is 1.12 bits per heavy atom. The van der Waals surface area contributed by atoms with Gasteiger partial charge in [-0.2, -0.15) is 0 Å². The molecule has 34 heavy (non-hydrogen) atoms. The van der Waals surface area contributed by atoms with E-state index in [4.69, 9.17) is 9.47 Å². The summed E-state index contributed by atoms with van der Waals surface area (Å²) < 4.78 is 13.6. The van der Waals surface area contributed by atoms with Gasteiger partial charge >= 0.3 is 0 Å². The van der Waals surface area contributed by atoms with Gasteiger partial charge in [-0.25, -0.2) is 4.98 Å². The van der Waals surface area contributed by atoms with Crippen LogP contribution in [0.25, 0.3) is 17.5 Å². The van der Waals surface area contributed by atoms with Crippen LogP contribution in [0.4, 0.5) is 0 Å². The summed E-state index contributed by atoms with van der Waals surface area (Å²) in [5.41, 5.74) is 1.96. The maximum absolute atomic E-state index is 12.3. The van der Waals surface area contributed by atoms with Crippen LogP contribution in [0, 0.1) is 5.92 Å². The molecule has 0 atom stereocenters. The van der Waals surface area contributed by atoms with Gasteiger partial charge in [-0.15, -0.1) is 0 Å². The average Bonchev–Trinajstić information content (AvgIpc) is 3.34. The van der Waals surface area contributed by atoms with Crippen LogP contribution in [0.15, 0.2) is 67.0 Å². The molecular formula is C28H33N3O3. The molecule has 0 unspecified atom stereocenters. The predicted molar refractivity (Wildman–Crippen MR) is 135 cm³/mol. The highest BCUT2D eigenvalue weighted by atomic mass is 16.5. The molecule has 6 nitrogen and oxygen atoms in total. The average molecular weight is 460 g/mol.